The van der Waals surface area contributed by atoms with Crippen LogP contribution in [0.4, 0.5) is 0 Å². The summed E-state index contributed by atoms with van der Waals surface area (Å²) in [6.45, 7) is 0.509. The maximum atomic E-state index is 13.2. The number of hydrogen-bond acceptors (Lipinski definition) is 8. The van der Waals surface area contributed by atoms with Crippen LogP contribution in [0.25, 0.3) is 10.8 Å². The number of carbonyl (C=O) groups is 2. The number of hydrogen-bond donors (Lipinski definition) is 5. The molecular formula is C24H34N6O6S. The SMILES string of the molecule is COc1ccc2ccc(S(=O)(=O)NC(CO)C(=O)N3CCCC3CNC(=O)CCCNC=NN)cc2c1. The second-order valence-corrected chi connectivity index (χ2v) is 10.4. The van der Waals surface area contributed by atoms with Crippen LogP contribution in [-0.4, -0.2) is 82.0 Å². The van der Waals surface area contributed by atoms with Crippen LogP contribution in [0.2, 0.25) is 0 Å². The Hall–Kier alpha value is -3.42. The lowest BCUT2D eigenvalue weighted by atomic mass is 10.1. The maximum Gasteiger partial charge on any atom is 0.243 e. The van der Waals surface area contributed by atoms with Gasteiger partial charge in [0.15, 0.2) is 0 Å². The average molecular weight is 535 g/mol. The van der Waals surface area contributed by atoms with Crippen LogP contribution in [0.5, 0.6) is 5.75 Å². The Morgan fingerprint density at radius 3 is 2.78 bits per heavy atom. The number of nitrogens with one attached hydrogen (secondary N) is 3. The number of ether oxygens (including phenoxy) is 1. The molecular weight excluding hydrogens is 500 g/mol. The van der Waals surface area contributed by atoms with Gasteiger partial charge >= 0.3 is 0 Å². The minimum Gasteiger partial charge on any atom is -0.497 e. The van der Waals surface area contributed by atoms with Crippen LogP contribution >= 0.6 is 0 Å². The summed E-state index contributed by atoms with van der Waals surface area (Å²) in [5.41, 5.74) is 0. The molecule has 6 N–H and O–H groups in total. The fourth-order valence-electron chi connectivity index (χ4n) is 4.24. The zero-order valence-electron chi connectivity index (χ0n) is 20.7. The highest BCUT2D eigenvalue weighted by atomic mass is 32.2. The Labute approximate surface area is 216 Å². The van der Waals surface area contributed by atoms with E-state index in [4.69, 9.17) is 10.6 Å². The van der Waals surface area contributed by atoms with Crippen molar-refractivity contribution in [3.8, 4) is 5.75 Å². The Balaban J connectivity index is 1.62. The molecule has 12 nitrogen and oxygen atoms in total. The Bertz CT molecular complexity index is 1220. The Morgan fingerprint density at radius 2 is 2.05 bits per heavy atom. The summed E-state index contributed by atoms with van der Waals surface area (Å²) in [4.78, 5) is 26.8. The number of rotatable bonds is 13. The van der Waals surface area contributed by atoms with Crippen LogP contribution in [0.1, 0.15) is 25.7 Å². The predicted molar refractivity (Wildman–Crippen MR) is 139 cm³/mol. The summed E-state index contributed by atoms with van der Waals surface area (Å²) in [6, 6.07) is 8.28. The first kappa shape index (κ1) is 28.2. The average Bonchev–Trinajstić information content (AvgIpc) is 3.38. The zero-order chi connectivity index (χ0) is 26.8. The number of aliphatic hydroxyl groups is 1. The van der Waals surface area contributed by atoms with Crippen molar-refractivity contribution in [2.75, 3.05) is 33.4 Å². The molecule has 37 heavy (non-hydrogen) atoms. The zero-order valence-corrected chi connectivity index (χ0v) is 21.5. The molecule has 2 amide bonds. The van der Waals surface area contributed by atoms with E-state index in [1.807, 2.05) is 6.07 Å². The number of nitrogens with two attached hydrogens (primary N) is 1. The molecule has 2 unspecified atom stereocenters. The highest BCUT2D eigenvalue weighted by Crippen LogP contribution is 2.24. The van der Waals surface area contributed by atoms with Gasteiger partial charge < -0.3 is 31.2 Å². The van der Waals surface area contributed by atoms with Crippen molar-refractivity contribution in [2.24, 2.45) is 10.9 Å². The summed E-state index contributed by atoms with van der Waals surface area (Å²) < 4.78 is 33.7. The van der Waals surface area contributed by atoms with Crippen molar-refractivity contribution in [2.45, 2.75) is 42.7 Å². The van der Waals surface area contributed by atoms with Gasteiger partial charge in [-0.3, -0.25) is 9.59 Å². The summed E-state index contributed by atoms with van der Waals surface area (Å²) in [7, 11) is -2.58. The third-order valence-electron chi connectivity index (χ3n) is 6.19. The van der Waals surface area contributed by atoms with Gasteiger partial charge in [-0.05, 0) is 54.3 Å². The molecule has 0 aliphatic carbocycles. The van der Waals surface area contributed by atoms with E-state index in [2.05, 4.69) is 20.5 Å². The molecule has 202 valence electrons. The number of amides is 2. The number of aliphatic hydroxyl groups excluding tert-OH is 1. The second kappa shape index (κ2) is 13.2. The molecule has 1 fully saturated rings. The van der Waals surface area contributed by atoms with Crippen LogP contribution < -0.4 is 25.9 Å². The monoisotopic (exact) mass is 534 g/mol. The van der Waals surface area contributed by atoms with E-state index < -0.39 is 28.6 Å². The van der Waals surface area contributed by atoms with E-state index in [0.717, 1.165) is 5.39 Å². The Kier molecular flexibility index (Phi) is 10.1. The highest BCUT2D eigenvalue weighted by Gasteiger charge is 2.35. The van der Waals surface area contributed by atoms with Crippen molar-refractivity contribution in [3.05, 3.63) is 36.4 Å². The minimum absolute atomic E-state index is 0.0306. The number of sulfonamides is 1. The molecule has 3 rings (SSSR count). The lowest BCUT2D eigenvalue weighted by molar-refractivity contribution is -0.135. The molecule has 1 heterocycles. The molecule has 0 saturated carbocycles. The molecule has 2 aromatic rings. The first-order valence-electron chi connectivity index (χ1n) is 12.0. The summed E-state index contributed by atoms with van der Waals surface area (Å²) in [6.07, 6.45) is 3.61. The van der Waals surface area contributed by atoms with Gasteiger partial charge in [0.25, 0.3) is 0 Å². The van der Waals surface area contributed by atoms with Crippen molar-refractivity contribution in [1.82, 2.24) is 20.3 Å². The lowest BCUT2D eigenvalue weighted by Crippen LogP contribution is -2.53. The number of methoxy groups -OCH3 is 1. The van der Waals surface area contributed by atoms with Crippen molar-refractivity contribution in [1.29, 1.82) is 0 Å². The van der Waals surface area contributed by atoms with Gasteiger partial charge in [-0.1, -0.05) is 12.1 Å². The van der Waals surface area contributed by atoms with Gasteiger partial charge in [0, 0.05) is 32.1 Å². The maximum absolute atomic E-state index is 13.2. The van der Waals surface area contributed by atoms with E-state index in [1.165, 1.54) is 30.5 Å². The molecule has 2 atom stereocenters. The largest absolute Gasteiger partial charge is 0.497 e. The first-order valence-corrected chi connectivity index (χ1v) is 13.5. The molecule has 1 saturated heterocycles. The number of carbonyl (C=O) groups excluding carboxylic acids is 2. The van der Waals surface area contributed by atoms with Crippen molar-refractivity contribution >= 4 is 38.9 Å². The van der Waals surface area contributed by atoms with Gasteiger partial charge in [-0.25, -0.2) is 8.42 Å². The normalized spacial score (nSPS) is 16.7. The number of nitrogens with zero attached hydrogens (tertiary/aromatic N) is 2. The third kappa shape index (κ3) is 7.54. The van der Waals surface area contributed by atoms with Crippen LogP contribution in [0.15, 0.2) is 46.4 Å². The molecule has 1 aliphatic rings. The topological polar surface area (TPSA) is 175 Å². The number of benzene rings is 2. The van der Waals surface area contributed by atoms with Crippen LogP contribution in [0, 0.1) is 0 Å². The fourth-order valence-corrected chi connectivity index (χ4v) is 5.46. The van der Waals surface area contributed by atoms with Gasteiger partial charge in [0.1, 0.15) is 18.1 Å². The molecule has 0 radical (unpaired) electrons. The number of likely N-dealkylation sites (tertiary alicyclic amines) is 1. The van der Waals surface area contributed by atoms with E-state index in [9.17, 15) is 23.1 Å². The minimum atomic E-state index is -4.11. The van der Waals surface area contributed by atoms with Crippen LogP contribution in [-0.2, 0) is 19.6 Å². The fraction of sp³-hybridized carbons (Fsp3) is 0.458. The molecule has 13 heteroatoms. The molecule has 0 bridgehead atoms. The van der Waals surface area contributed by atoms with Gasteiger partial charge in [0.2, 0.25) is 21.8 Å². The Morgan fingerprint density at radius 1 is 1.27 bits per heavy atom. The summed E-state index contributed by atoms with van der Waals surface area (Å²) in [5.74, 6) is 4.89. The van der Waals surface area contributed by atoms with Gasteiger partial charge in [-0.15, -0.1) is 0 Å². The van der Waals surface area contributed by atoms with Crippen molar-refractivity contribution < 1.29 is 27.9 Å². The van der Waals surface area contributed by atoms with Crippen molar-refractivity contribution in [3.63, 3.8) is 0 Å². The predicted octanol–water partition coefficient (Wildman–Crippen LogP) is -0.133. The summed E-state index contributed by atoms with van der Waals surface area (Å²) >= 11 is 0. The molecule has 1 aliphatic heterocycles. The van der Waals surface area contributed by atoms with Gasteiger partial charge in [-0.2, -0.15) is 9.82 Å². The quantitative estimate of drug-likeness (QED) is 0.0776. The number of hydrazone groups is 1. The van der Waals surface area contributed by atoms with E-state index in [-0.39, 0.29) is 23.4 Å². The third-order valence-corrected chi connectivity index (χ3v) is 7.66. The molecule has 0 spiro atoms. The smallest absolute Gasteiger partial charge is 0.243 e. The standard InChI is InChI=1S/C24H34N6O6S/c1-36-20-8-6-17-7-9-21(13-18(17)12-20)37(34,35)29-22(15-31)24(33)30-11-3-4-19(30)14-27-23(32)5-2-10-26-16-28-25/h6-9,12-13,16,19,22,29,31H,2-5,10-11,14-15,25H2,1H3,(H,26,28)(H,27,32). The van der Waals surface area contributed by atoms with E-state index >= 15 is 0 Å². The van der Waals surface area contributed by atoms with Gasteiger partial charge in [0.05, 0.1) is 18.6 Å². The number of fused-ring (bicyclic) bond motifs is 1. The van der Waals surface area contributed by atoms with Crippen LogP contribution in [0.3, 0.4) is 0 Å². The summed E-state index contributed by atoms with van der Waals surface area (Å²) in [5, 5.41) is 20.3. The molecule has 0 aromatic heterocycles. The van der Waals surface area contributed by atoms with E-state index in [0.29, 0.717) is 49.9 Å². The van der Waals surface area contributed by atoms with E-state index in [1.54, 1.807) is 18.2 Å². The first-order chi connectivity index (χ1) is 17.8. The molecule has 2 aromatic carbocycles. The second-order valence-electron chi connectivity index (χ2n) is 8.70. The lowest BCUT2D eigenvalue weighted by Gasteiger charge is -2.28. The highest BCUT2D eigenvalue weighted by molar-refractivity contribution is 7.89.